The third-order valence-electron chi connectivity index (χ3n) is 5.80. The zero-order chi connectivity index (χ0) is 14.7. The molecular formula is C17H31N3O. The lowest BCUT2D eigenvalue weighted by atomic mass is 9.79. The smallest absolute Gasteiger partial charge is 0.222 e. The second-order valence-corrected chi connectivity index (χ2v) is 7.38. The van der Waals surface area contributed by atoms with Crippen molar-refractivity contribution < 1.29 is 4.79 Å². The Morgan fingerprint density at radius 1 is 1.10 bits per heavy atom. The van der Waals surface area contributed by atoms with Gasteiger partial charge in [0.1, 0.15) is 0 Å². The molecule has 0 radical (unpaired) electrons. The van der Waals surface area contributed by atoms with E-state index >= 15 is 0 Å². The molecule has 0 aromatic heterocycles. The van der Waals surface area contributed by atoms with Gasteiger partial charge in [0.25, 0.3) is 0 Å². The molecule has 1 heterocycles. The van der Waals surface area contributed by atoms with Crippen LogP contribution in [0.5, 0.6) is 0 Å². The van der Waals surface area contributed by atoms with E-state index in [0.717, 1.165) is 31.7 Å². The van der Waals surface area contributed by atoms with Gasteiger partial charge < -0.3 is 15.5 Å². The fourth-order valence-electron chi connectivity index (χ4n) is 4.18. The SMILES string of the molecule is CNC1(CC(=O)NC2CCN(C3CC3)CC2)CCCCC1. The number of hydrogen-bond acceptors (Lipinski definition) is 3. The number of rotatable bonds is 5. The van der Waals surface area contributed by atoms with Gasteiger partial charge in [0.2, 0.25) is 5.91 Å². The molecule has 4 nitrogen and oxygen atoms in total. The van der Waals surface area contributed by atoms with Crippen LogP contribution >= 0.6 is 0 Å². The second-order valence-electron chi connectivity index (χ2n) is 7.38. The van der Waals surface area contributed by atoms with Crippen molar-refractivity contribution in [1.82, 2.24) is 15.5 Å². The molecule has 2 aliphatic carbocycles. The van der Waals surface area contributed by atoms with Crippen LogP contribution in [-0.2, 0) is 4.79 Å². The van der Waals surface area contributed by atoms with Gasteiger partial charge in [-0.3, -0.25) is 4.79 Å². The van der Waals surface area contributed by atoms with Crippen LogP contribution in [0.15, 0.2) is 0 Å². The Hall–Kier alpha value is -0.610. The molecule has 1 amide bonds. The lowest BCUT2D eigenvalue weighted by Crippen LogP contribution is -2.51. The van der Waals surface area contributed by atoms with Crippen molar-refractivity contribution in [3.8, 4) is 0 Å². The molecule has 21 heavy (non-hydrogen) atoms. The molecule has 0 spiro atoms. The summed E-state index contributed by atoms with van der Waals surface area (Å²) in [7, 11) is 2.02. The van der Waals surface area contributed by atoms with Crippen LogP contribution in [0, 0.1) is 0 Å². The van der Waals surface area contributed by atoms with Gasteiger partial charge in [-0.25, -0.2) is 0 Å². The van der Waals surface area contributed by atoms with E-state index in [1.807, 2.05) is 7.05 Å². The lowest BCUT2D eigenvalue weighted by molar-refractivity contribution is -0.123. The highest BCUT2D eigenvalue weighted by atomic mass is 16.1. The van der Waals surface area contributed by atoms with Gasteiger partial charge in [-0.1, -0.05) is 19.3 Å². The summed E-state index contributed by atoms with van der Waals surface area (Å²) < 4.78 is 0. The summed E-state index contributed by atoms with van der Waals surface area (Å²) in [5, 5.41) is 6.75. The van der Waals surface area contributed by atoms with E-state index < -0.39 is 0 Å². The number of nitrogens with one attached hydrogen (secondary N) is 2. The van der Waals surface area contributed by atoms with Gasteiger partial charge in [0.15, 0.2) is 0 Å². The van der Waals surface area contributed by atoms with Gasteiger partial charge in [0, 0.05) is 37.1 Å². The van der Waals surface area contributed by atoms with Crippen molar-refractivity contribution in [3.05, 3.63) is 0 Å². The van der Waals surface area contributed by atoms with Gasteiger partial charge in [-0.15, -0.1) is 0 Å². The third-order valence-corrected chi connectivity index (χ3v) is 5.80. The minimum absolute atomic E-state index is 0.0665. The fraction of sp³-hybridized carbons (Fsp3) is 0.941. The van der Waals surface area contributed by atoms with Crippen LogP contribution in [0.4, 0.5) is 0 Å². The van der Waals surface area contributed by atoms with Gasteiger partial charge >= 0.3 is 0 Å². The van der Waals surface area contributed by atoms with Crippen molar-refractivity contribution in [2.24, 2.45) is 0 Å². The topological polar surface area (TPSA) is 44.4 Å². The molecule has 0 aromatic rings. The summed E-state index contributed by atoms with van der Waals surface area (Å²) >= 11 is 0. The molecule has 4 heteroatoms. The van der Waals surface area contributed by atoms with Gasteiger partial charge in [-0.05, 0) is 45.6 Å². The number of carbonyl (C=O) groups excluding carboxylic acids is 1. The number of amides is 1. The minimum atomic E-state index is 0.0665. The zero-order valence-electron chi connectivity index (χ0n) is 13.5. The Morgan fingerprint density at radius 3 is 2.33 bits per heavy atom. The number of nitrogens with zero attached hydrogens (tertiary/aromatic N) is 1. The molecule has 2 N–H and O–H groups in total. The summed E-state index contributed by atoms with van der Waals surface area (Å²) in [5.74, 6) is 0.260. The summed E-state index contributed by atoms with van der Waals surface area (Å²) in [4.78, 5) is 15.0. The summed E-state index contributed by atoms with van der Waals surface area (Å²) in [5.41, 5.74) is 0.0665. The van der Waals surface area contributed by atoms with Crippen molar-refractivity contribution >= 4 is 5.91 Å². The maximum atomic E-state index is 12.4. The van der Waals surface area contributed by atoms with E-state index in [0.29, 0.717) is 12.5 Å². The largest absolute Gasteiger partial charge is 0.353 e. The highest BCUT2D eigenvalue weighted by Crippen LogP contribution is 2.31. The van der Waals surface area contributed by atoms with Crippen LogP contribution in [0.25, 0.3) is 0 Å². The van der Waals surface area contributed by atoms with E-state index in [-0.39, 0.29) is 11.4 Å². The first-order valence-corrected chi connectivity index (χ1v) is 8.93. The molecule has 1 aliphatic heterocycles. The van der Waals surface area contributed by atoms with Crippen molar-refractivity contribution in [2.45, 2.75) is 81.8 Å². The van der Waals surface area contributed by atoms with Crippen LogP contribution in [-0.4, -0.2) is 48.6 Å². The maximum Gasteiger partial charge on any atom is 0.222 e. The molecule has 0 bridgehead atoms. The van der Waals surface area contributed by atoms with Crippen LogP contribution in [0.2, 0.25) is 0 Å². The summed E-state index contributed by atoms with van der Waals surface area (Å²) in [6.07, 6.45) is 11.8. The van der Waals surface area contributed by atoms with Crippen molar-refractivity contribution in [2.75, 3.05) is 20.1 Å². The Balaban J connectivity index is 1.43. The Morgan fingerprint density at radius 2 is 1.76 bits per heavy atom. The van der Waals surface area contributed by atoms with Crippen LogP contribution in [0.3, 0.4) is 0 Å². The summed E-state index contributed by atoms with van der Waals surface area (Å²) in [6, 6.07) is 1.28. The molecule has 3 fully saturated rings. The Bertz CT molecular complexity index is 353. The van der Waals surface area contributed by atoms with E-state index in [2.05, 4.69) is 15.5 Å². The predicted molar refractivity (Wildman–Crippen MR) is 85.3 cm³/mol. The van der Waals surface area contributed by atoms with E-state index in [4.69, 9.17) is 0 Å². The quantitative estimate of drug-likeness (QED) is 0.815. The number of carbonyl (C=O) groups is 1. The standard InChI is InChI=1S/C17H31N3O/c1-18-17(9-3-2-4-10-17)13-16(21)19-14-7-11-20(12-8-14)15-5-6-15/h14-15,18H,2-13H2,1H3,(H,19,21). The van der Waals surface area contributed by atoms with Crippen molar-refractivity contribution in [3.63, 3.8) is 0 Å². The number of likely N-dealkylation sites (tertiary alicyclic amines) is 1. The highest BCUT2D eigenvalue weighted by Gasteiger charge is 2.35. The highest BCUT2D eigenvalue weighted by molar-refractivity contribution is 5.77. The van der Waals surface area contributed by atoms with Crippen molar-refractivity contribution in [1.29, 1.82) is 0 Å². The summed E-state index contributed by atoms with van der Waals surface area (Å²) in [6.45, 7) is 2.35. The van der Waals surface area contributed by atoms with E-state index in [1.165, 1.54) is 45.2 Å². The Labute approximate surface area is 129 Å². The monoisotopic (exact) mass is 293 g/mol. The fourth-order valence-corrected chi connectivity index (χ4v) is 4.18. The molecule has 0 aromatic carbocycles. The first kappa shape index (κ1) is 15.3. The van der Waals surface area contributed by atoms with Crippen LogP contribution < -0.4 is 10.6 Å². The predicted octanol–water partition coefficient (Wildman–Crippen LogP) is 2.04. The molecule has 120 valence electrons. The normalized spacial score (nSPS) is 27.5. The molecule has 2 saturated carbocycles. The molecule has 0 unspecified atom stereocenters. The molecular weight excluding hydrogens is 262 g/mol. The lowest BCUT2D eigenvalue weighted by Gasteiger charge is -2.38. The maximum absolute atomic E-state index is 12.4. The number of hydrogen-bond donors (Lipinski definition) is 2. The molecule has 0 atom stereocenters. The Kier molecular flexibility index (Phi) is 4.85. The molecule has 1 saturated heterocycles. The second kappa shape index (κ2) is 6.66. The third kappa shape index (κ3) is 3.98. The zero-order valence-corrected chi connectivity index (χ0v) is 13.5. The van der Waals surface area contributed by atoms with E-state index in [9.17, 15) is 4.79 Å². The molecule has 3 rings (SSSR count). The molecule has 3 aliphatic rings. The van der Waals surface area contributed by atoms with Gasteiger partial charge in [0.05, 0.1) is 0 Å². The average molecular weight is 293 g/mol. The van der Waals surface area contributed by atoms with Gasteiger partial charge in [-0.2, -0.15) is 0 Å². The minimum Gasteiger partial charge on any atom is -0.353 e. The first-order chi connectivity index (χ1) is 10.2. The van der Waals surface area contributed by atoms with E-state index in [1.54, 1.807) is 0 Å². The first-order valence-electron chi connectivity index (χ1n) is 8.93. The average Bonchev–Trinajstić information content (AvgIpc) is 3.33. The number of piperidine rings is 1. The van der Waals surface area contributed by atoms with Crippen LogP contribution in [0.1, 0.15) is 64.2 Å².